The van der Waals surface area contributed by atoms with Crippen molar-refractivity contribution < 1.29 is 29.4 Å². The van der Waals surface area contributed by atoms with E-state index < -0.39 is 29.8 Å². The first kappa shape index (κ1) is 16.2. The Morgan fingerprint density at radius 2 is 1.67 bits per heavy atom. The number of benzene rings is 1. The molecule has 0 saturated carbocycles. The maximum atomic E-state index is 12.0. The Labute approximate surface area is 119 Å². The molecule has 2 amide bonds. The summed E-state index contributed by atoms with van der Waals surface area (Å²) in [4.78, 5) is 44.7. The molecule has 5 N–H and O–H groups in total. The van der Waals surface area contributed by atoms with Crippen LogP contribution in [0.15, 0.2) is 24.3 Å². The summed E-state index contributed by atoms with van der Waals surface area (Å²) in [5, 5.41) is 20.1. The number of nitrogens with two attached hydrogens (primary N) is 1. The van der Waals surface area contributed by atoms with E-state index in [2.05, 4.69) is 5.32 Å². The van der Waals surface area contributed by atoms with Gasteiger partial charge in [0, 0.05) is 6.42 Å². The number of aliphatic carboxylic acids is 1. The summed E-state index contributed by atoms with van der Waals surface area (Å²) in [6.07, 6.45) is -0.385. The van der Waals surface area contributed by atoms with Gasteiger partial charge in [0.15, 0.2) is 0 Å². The third kappa shape index (κ3) is 4.60. The first-order chi connectivity index (χ1) is 9.82. The van der Waals surface area contributed by atoms with Crippen molar-refractivity contribution in [2.75, 3.05) is 0 Å². The number of hydrogen-bond acceptors (Lipinski definition) is 4. The van der Waals surface area contributed by atoms with Gasteiger partial charge in [-0.25, -0.2) is 9.59 Å². The van der Waals surface area contributed by atoms with E-state index in [4.69, 9.17) is 15.9 Å². The van der Waals surface area contributed by atoms with Gasteiger partial charge in [-0.15, -0.1) is 0 Å². The molecular weight excluding hydrogens is 280 g/mol. The molecule has 1 aromatic carbocycles. The summed E-state index contributed by atoms with van der Waals surface area (Å²) in [6.45, 7) is 0. The first-order valence-electron chi connectivity index (χ1n) is 5.97. The predicted molar refractivity (Wildman–Crippen MR) is 70.7 cm³/mol. The second-order valence-corrected chi connectivity index (χ2v) is 4.22. The van der Waals surface area contributed by atoms with Crippen LogP contribution in [0.1, 0.15) is 33.6 Å². The minimum Gasteiger partial charge on any atom is -0.480 e. The van der Waals surface area contributed by atoms with Crippen LogP contribution in [-0.2, 0) is 9.59 Å². The van der Waals surface area contributed by atoms with Gasteiger partial charge >= 0.3 is 11.9 Å². The minimum atomic E-state index is -1.34. The van der Waals surface area contributed by atoms with Gasteiger partial charge in [-0.2, -0.15) is 0 Å². The summed E-state index contributed by atoms with van der Waals surface area (Å²) in [5.41, 5.74) is 4.53. The lowest BCUT2D eigenvalue weighted by atomic mass is 10.1. The molecule has 8 nitrogen and oxygen atoms in total. The largest absolute Gasteiger partial charge is 0.480 e. The van der Waals surface area contributed by atoms with E-state index in [9.17, 15) is 19.2 Å². The summed E-state index contributed by atoms with van der Waals surface area (Å²) in [6, 6.07) is 4.08. The van der Waals surface area contributed by atoms with Crippen molar-refractivity contribution in [2.45, 2.75) is 18.9 Å². The van der Waals surface area contributed by atoms with Crippen LogP contribution >= 0.6 is 0 Å². The molecule has 1 rings (SSSR count). The number of carboxylic acids is 2. The molecule has 0 saturated heterocycles. The number of carbonyl (C=O) groups is 4. The smallest absolute Gasteiger partial charge is 0.336 e. The second-order valence-electron chi connectivity index (χ2n) is 4.22. The number of carboxylic acid groups (broad SMARTS) is 2. The van der Waals surface area contributed by atoms with E-state index in [0.29, 0.717) is 0 Å². The molecule has 0 heterocycles. The molecule has 0 aliphatic rings. The third-order valence-electron chi connectivity index (χ3n) is 2.68. The number of nitrogens with one attached hydrogen (secondary N) is 1. The molecule has 1 aromatic rings. The van der Waals surface area contributed by atoms with Crippen LogP contribution in [0.4, 0.5) is 0 Å². The zero-order chi connectivity index (χ0) is 16.0. The minimum absolute atomic E-state index is 0.157. The topological polar surface area (TPSA) is 147 Å². The van der Waals surface area contributed by atoms with Crippen molar-refractivity contribution in [3.05, 3.63) is 35.4 Å². The molecule has 0 unspecified atom stereocenters. The molecule has 8 heteroatoms. The van der Waals surface area contributed by atoms with Gasteiger partial charge in [-0.1, -0.05) is 12.1 Å². The molecular formula is C13H14N2O6. The first-order valence-corrected chi connectivity index (χ1v) is 5.97. The number of carbonyl (C=O) groups excluding carboxylic acids is 2. The van der Waals surface area contributed by atoms with Crippen LogP contribution in [0, 0.1) is 0 Å². The van der Waals surface area contributed by atoms with Gasteiger partial charge in [0.05, 0.1) is 11.1 Å². The summed E-state index contributed by atoms with van der Waals surface area (Å²) in [7, 11) is 0. The molecule has 1 atom stereocenters. The fraction of sp³-hybridized carbons (Fsp3) is 0.231. The second kappa shape index (κ2) is 7.04. The maximum absolute atomic E-state index is 12.0. The van der Waals surface area contributed by atoms with Crippen LogP contribution in [0.2, 0.25) is 0 Å². The van der Waals surface area contributed by atoms with Crippen molar-refractivity contribution in [1.29, 1.82) is 0 Å². The number of hydrogen-bond donors (Lipinski definition) is 4. The van der Waals surface area contributed by atoms with E-state index in [1.165, 1.54) is 24.3 Å². The predicted octanol–water partition coefficient (Wildman–Crippen LogP) is -0.167. The lowest BCUT2D eigenvalue weighted by molar-refractivity contribution is -0.139. The molecule has 112 valence electrons. The fourth-order valence-corrected chi connectivity index (χ4v) is 1.65. The highest BCUT2D eigenvalue weighted by atomic mass is 16.4. The van der Waals surface area contributed by atoms with Gasteiger partial charge in [-0.3, -0.25) is 9.59 Å². The van der Waals surface area contributed by atoms with Crippen molar-refractivity contribution in [3.8, 4) is 0 Å². The molecule has 0 bridgehead atoms. The van der Waals surface area contributed by atoms with Gasteiger partial charge < -0.3 is 21.3 Å². The Bertz CT molecular complexity index is 584. The molecule has 0 radical (unpaired) electrons. The Kier molecular flexibility index (Phi) is 5.41. The average Bonchev–Trinajstić information content (AvgIpc) is 2.42. The highest BCUT2D eigenvalue weighted by Gasteiger charge is 2.23. The van der Waals surface area contributed by atoms with Gasteiger partial charge in [-0.05, 0) is 18.6 Å². The highest BCUT2D eigenvalue weighted by molar-refractivity contribution is 6.05. The number of amides is 2. The van der Waals surface area contributed by atoms with Crippen molar-refractivity contribution in [3.63, 3.8) is 0 Å². The van der Waals surface area contributed by atoms with Crippen LogP contribution < -0.4 is 11.1 Å². The molecule has 0 aliphatic carbocycles. The van der Waals surface area contributed by atoms with Crippen LogP contribution in [0.3, 0.4) is 0 Å². The van der Waals surface area contributed by atoms with E-state index in [1.807, 2.05) is 0 Å². The molecule has 0 aromatic heterocycles. The third-order valence-corrected chi connectivity index (χ3v) is 2.68. The summed E-state index contributed by atoms with van der Waals surface area (Å²) < 4.78 is 0. The van der Waals surface area contributed by atoms with Gasteiger partial charge in [0.25, 0.3) is 5.91 Å². The number of rotatable bonds is 7. The Hall–Kier alpha value is -2.90. The van der Waals surface area contributed by atoms with Gasteiger partial charge in [0.1, 0.15) is 6.04 Å². The van der Waals surface area contributed by atoms with Crippen molar-refractivity contribution in [2.24, 2.45) is 5.73 Å². The average molecular weight is 294 g/mol. The van der Waals surface area contributed by atoms with Crippen LogP contribution in [-0.4, -0.2) is 40.0 Å². The molecule has 0 spiro atoms. The van der Waals surface area contributed by atoms with E-state index in [-0.39, 0.29) is 24.0 Å². The Morgan fingerprint density at radius 3 is 2.14 bits per heavy atom. The standard InChI is InChI=1S/C13H14N2O6/c14-10(16)6-5-9(13(20)21)15-11(17)7-3-1-2-4-8(7)12(18)19/h1-4,9H,5-6H2,(H2,14,16)(H,15,17)(H,18,19)(H,20,21)/t9-/m0/s1. The van der Waals surface area contributed by atoms with E-state index in [1.54, 1.807) is 0 Å². The Morgan fingerprint density at radius 1 is 1.10 bits per heavy atom. The summed E-state index contributed by atoms with van der Waals surface area (Å²) in [5.74, 6) is -4.17. The molecule has 0 aliphatic heterocycles. The van der Waals surface area contributed by atoms with Gasteiger partial charge in [0.2, 0.25) is 5.91 Å². The van der Waals surface area contributed by atoms with Crippen molar-refractivity contribution in [1.82, 2.24) is 5.32 Å². The quantitative estimate of drug-likeness (QED) is 0.549. The van der Waals surface area contributed by atoms with E-state index >= 15 is 0 Å². The monoisotopic (exact) mass is 294 g/mol. The summed E-state index contributed by atoms with van der Waals surface area (Å²) >= 11 is 0. The SMILES string of the molecule is NC(=O)CC[C@H](NC(=O)c1ccccc1C(=O)O)C(=O)O. The number of primary amides is 1. The molecule has 0 fully saturated rings. The van der Waals surface area contributed by atoms with E-state index in [0.717, 1.165) is 0 Å². The number of aromatic carboxylic acids is 1. The van der Waals surface area contributed by atoms with Crippen molar-refractivity contribution >= 4 is 23.8 Å². The maximum Gasteiger partial charge on any atom is 0.336 e. The molecule has 21 heavy (non-hydrogen) atoms. The Balaban J connectivity index is 2.90. The lowest BCUT2D eigenvalue weighted by Gasteiger charge is -2.14. The lowest BCUT2D eigenvalue weighted by Crippen LogP contribution is -2.41. The zero-order valence-electron chi connectivity index (χ0n) is 10.9. The van der Waals surface area contributed by atoms with Crippen LogP contribution in [0.5, 0.6) is 0 Å². The normalized spacial score (nSPS) is 11.4. The fourth-order valence-electron chi connectivity index (χ4n) is 1.65. The highest BCUT2D eigenvalue weighted by Crippen LogP contribution is 2.10. The van der Waals surface area contributed by atoms with Crippen LogP contribution in [0.25, 0.3) is 0 Å². The zero-order valence-corrected chi connectivity index (χ0v) is 10.9.